The van der Waals surface area contributed by atoms with Gasteiger partial charge in [0, 0.05) is 44.0 Å². The Morgan fingerprint density at radius 2 is 0.761 bits per heavy atom. The molecule has 0 unspecified atom stereocenters. The summed E-state index contributed by atoms with van der Waals surface area (Å²) in [4.78, 5) is 0. The molecule has 0 saturated carbocycles. The van der Waals surface area contributed by atoms with E-state index in [1.165, 1.54) is 111 Å². The topological polar surface area (TPSA) is 9.86 Å². The van der Waals surface area contributed by atoms with E-state index in [9.17, 15) is 0 Å². The van der Waals surface area contributed by atoms with Crippen molar-refractivity contribution in [1.29, 1.82) is 0 Å². The first-order chi connectivity index (χ1) is 33.0. The number of benzene rings is 10. The summed E-state index contributed by atoms with van der Waals surface area (Å²) in [6.07, 6.45) is 0. The molecule has 0 bridgehead atoms. The second-order valence-corrected chi connectivity index (χ2v) is 18.4. The maximum Gasteiger partial charge on any atom is 0.0617 e. The van der Waals surface area contributed by atoms with Crippen molar-refractivity contribution in [2.45, 2.75) is 19.3 Å². The van der Waals surface area contributed by atoms with Gasteiger partial charge < -0.3 is 9.13 Å². The van der Waals surface area contributed by atoms with E-state index in [0.717, 1.165) is 11.4 Å². The zero-order valence-electron chi connectivity index (χ0n) is 37.5. The Labute approximate surface area is 391 Å². The average Bonchev–Trinajstić information content (AvgIpc) is 4.00. The van der Waals surface area contributed by atoms with Crippen LogP contribution in [0, 0.1) is 0 Å². The molecule has 1 aliphatic rings. The zero-order chi connectivity index (χ0) is 44.6. The highest BCUT2D eigenvalue weighted by atomic mass is 15.0. The summed E-state index contributed by atoms with van der Waals surface area (Å²) in [5, 5.41) is 3.72. The molecule has 0 saturated heterocycles. The van der Waals surface area contributed by atoms with Crippen LogP contribution in [0.25, 0.3) is 111 Å². The lowest BCUT2D eigenvalue weighted by Gasteiger charge is -2.22. The summed E-state index contributed by atoms with van der Waals surface area (Å²) >= 11 is 0. The van der Waals surface area contributed by atoms with Crippen molar-refractivity contribution in [3.05, 3.63) is 254 Å². The van der Waals surface area contributed by atoms with Gasteiger partial charge >= 0.3 is 0 Å². The van der Waals surface area contributed by atoms with Crippen molar-refractivity contribution in [2.75, 3.05) is 0 Å². The third-order valence-electron chi connectivity index (χ3n) is 14.3. The number of para-hydroxylation sites is 3. The molecule has 13 rings (SSSR count). The van der Waals surface area contributed by atoms with Gasteiger partial charge in [0.1, 0.15) is 0 Å². The predicted octanol–water partition coefficient (Wildman–Crippen LogP) is 17.4. The molecule has 0 atom stereocenters. The summed E-state index contributed by atoms with van der Waals surface area (Å²) in [7, 11) is 0. The van der Waals surface area contributed by atoms with Crippen molar-refractivity contribution in [2.24, 2.45) is 0 Å². The van der Waals surface area contributed by atoms with Crippen LogP contribution in [0.3, 0.4) is 0 Å². The van der Waals surface area contributed by atoms with Crippen LogP contribution < -0.4 is 0 Å². The number of fused-ring (bicyclic) bond motifs is 8. The number of aromatic nitrogens is 2. The van der Waals surface area contributed by atoms with Crippen LogP contribution in [0.1, 0.15) is 25.0 Å². The molecule has 2 heterocycles. The summed E-state index contributed by atoms with van der Waals surface area (Å²) in [5.41, 5.74) is 23.1. The Kier molecular flexibility index (Phi) is 8.91. The third-order valence-corrected chi connectivity index (χ3v) is 14.3. The molecule has 2 aromatic heterocycles. The monoisotopic (exact) mass is 854 g/mol. The van der Waals surface area contributed by atoms with Crippen LogP contribution in [0.5, 0.6) is 0 Å². The van der Waals surface area contributed by atoms with Crippen LogP contribution >= 0.6 is 0 Å². The number of hydrogen-bond acceptors (Lipinski definition) is 0. The van der Waals surface area contributed by atoms with Crippen LogP contribution in [0.4, 0.5) is 0 Å². The van der Waals surface area contributed by atoms with E-state index >= 15 is 0 Å². The first kappa shape index (κ1) is 39.0. The van der Waals surface area contributed by atoms with E-state index in [1.54, 1.807) is 0 Å². The first-order valence-corrected chi connectivity index (χ1v) is 23.4. The lowest BCUT2D eigenvalue weighted by atomic mass is 9.81. The van der Waals surface area contributed by atoms with Crippen LogP contribution in [0.15, 0.2) is 243 Å². The predicted molar refractivity (Wildman–Crippen MR) is 282 cm³/mol. The molecule has 0 radical (unpaired) electrons. The number of rotatable bonds is 7. The van der Waals surface area contributed by atoms with Gasteiger partial charge in [-0.25, -0.2) is 0 Å². The fourth-order valence-corrected chi connectivity index (χ4v) is 11.4. The molecule has 10 aromatic carbocycles. The molecule has 2 nitrogen and oxygen atoms in total. The minimum Gasteiger partial charge on any atom is -0.309 e. The lowest BCUT2D eigenvalue weighted by molar-refractivity contribution is 0.666. The van der Waals surface area contributed by atoms with E-state index in [1.807, 2.05) is 0 Å². The fourth-order valence-electron chi connectivity index (χ4n) is 11.4. The highest BCUT2D eigenvalue weighted by Crippen LogP contribution is 2.55. The van der Waals surface area contributed by atoms with Crippen LogP contribution in [0.2, 0.25) is 0 Å². The van der Waals surface area contributed by atoms with Gasteiger partial charge in [-0.3, -0.25) is 0 Å². The van der Waals surface area contributed by atoms with Gasteiger partial charge in [-0.15, -0.1) is 0 Å². The smallest absolute Gasteiger partial charge is 0.0617 e. The van der Waals surface area contributed by atoms with E-state index in [2.05, 4.69) is 266 Å². The molecular weight excluding hydrogens is 809 g/mol. The minimum absolute atomic E-state index is 0.178. The second kappa shape index (κ2) is 15.3. The molecule has 2 heteroatoms. The normalized spacial score (nSPS) is 12.7. The lowest BCUT2D eigenvalue weighted by Crippen LogP contribution is -2.14. The highest BCUT2D eigenvalue weighted by Gasteiger charge is 2.41. The Morgan fingerprint density at radius 1 is 0.313 bits per heavy atom. The first-order valence-electron chi connectivity index (χ1n) is 23.4. The molecule has 0 amide bonds. The van der Waals surface area contributed by atoms with E-state index in [0.29, 0.717) is 0 Å². The van der Waals surface area contributed by atoms with Gasteiger partial charge in [0.15, 0.2) is 0 Å². The standard InChI is InChI=1S/C65H46N2/c1-65(2)58-35-18-16-32-54(58)64-62(65)55-34-20-33-53(63(55)66(64)47-25-10-5-11-26-47)52-31-17-19-36-59(52)67-60-39-37-45(50-29-14-12-27-48(50)43-21-6-3-7-22-43)41-56(60)57-42-46(38-40-61(57)67)51-30-15-13-28-49(51)44-23-8-4-9-24-44/h3-42H,1-2H3. The van der Waals surface area contributed by atoms with Gasteiger partial charge in [0.25, 0.3) is 0 Å². The second-order valence-electron chi connectivity index (χ2n) is 18.4. The molecule has 0 aliphatic heterocycles. The van der Waals surface area contributed by atoms with Crippen molar-refractivity contribution in [3.8, 4) is 78.3 Å². The van der Waals surface area contributed by atoms with E-state index < -0.39 is 0 Å². The van der Waals surface area contributed by atoms with E-state index in [4.69, 9.17) is 0 Å². The van der Waals surface area contributed by atoms with Crippen molar-refractivity contribution >= 4 is 32.7 Å². The van der Waals surface area contributed by atoms with Gasteiger partial charge in [0.05, 0.1) is 27.9 Å². The average molecular weight is 855 g/mol. The summed E-state index contributed by atoms with van der Waals surface area (Å²) in [5.74, 6) is 0. The Bertz CT molecular complexity index is 3730. The number of nitrogens with zero attached hydrogens (tertiary/aromatic N) is 2. The van der Waals surface area contributed by atoms with Gasteiger partial charge in [-0.1, -0.05) is 214 Å². The van der Waals surface area contributed by atoms with Gasteiger partial charge in [-0.05, 0) is 98.1 Å². The van der Waals surface area contributed by atoms with Crippen LogP contribution in [-0.4, -0.2) is 9.13 Å². The maximum absolute atomic E-state index is 2.54. The fraction of sp³-hybridized carbons (Fsp3) is 0.0462. The van der Waals surface area contributed by atoms with Gasteiger partial charge in [0.2, 0.25) is 0 Å². The molecule has 67 heavy (non-hydrogen) atoms. The largest absolute Gasteiger partial charge is 0.309 e. The SMILES string of the molecule is CC1(C)c2ccccc2-c2c1c1cccc(-c3ccccc3-n3c4ccc(-c5ccccc5-c5ccccc5)cc4c4cc(-c5ccccc5-c5ccccc5)ccc43)c1n2-c1ccccc1. The van der Waals surface area contributed by atoms with Crippen molar-refractivity contribution in [3.63, 3.8) is 0 Å². The highest BCUT2D eigenvalue weighted by molar-refractivity contribution is 6.13. The molecular formula is C65H46N2. The zero-order valence-corrected chi connectivity index (χ0v) is 37.5. The molecule has 0 fully saturated rings. The summed E-state index contributed by atoms with van der Waals surface area (Å²) in [6, 6.07) is 89.2. The van der Waals surface area contributed by atoms with E-state index in [-0.39, 0.29) is 5.41 Å². The third kappa shape index (κ3) is 6.03. The molecule has 316 valence electrons. The Balaban J connectivity index is 1.09. The summed E-state index contributed by atoms with van der Waals surface area (Å²) < 4.78 is 5.06. The molecule has 1 aliphatic carbocycles. The Hall–Kier alpha value is -8.46. The van der Waals surface area contributed by atoms with Crippen molar-refractivity contribution < 1.29 is 0 Å². The Morgan fingerprint density at radius 3 is 1.33 bits per heavy atom. The number of hydrogen-bond donors (Lipinski definition) is 0. The van der Waals surface area contributed by atoms with Gasteiger partial charge in [-0.2, -0.15) is 0 Å². The molecule has 0 spiro atoms. The quantitative estimate of drug-likeness (QED) is 0.151. The maximum atomic E-state index is 2.54. The van der Waals surface area contributed by atoms with Crippen LogP contribution in [-0.2, 0) is 5.41 Å². The van der Waals surface area contributed by atoms with Crippen molar-refractivity contribution in [1.82, 2.24) is 9.13 Å². The minimum atomic E-state index is -0.178. The molecule has 0 N–H and O–H groups in total. The molecule has 12 aromatic rings. The summed E-state index contributed by atoms with van der Waals surface area (Å²) in [6.45, 7) is 4.79.